The van der Waals surface area contributed by atoms with E-state index in [9.17, 15) is 4.79 Å². The van der Waals surface area contributed by atoms with Gasteiger partial charge in [-0.05, 0) is 31.2 Å². The molecular formula is C16H14N2O3. The molecule has 1 N–H and O–H groups in total. The highest BCUT2D eigenvalue weighted by Crippen LogP contribution is 2.20. The van der Waals surface area contributed by atoms with Crippen molar-refractivity contribution >= 4 is 5.91 Å². The third-order valence-electron chi connectivity index (χ3n) is 3.07. The number of furan rings is 1. The summed E-state index contributed by atoms with van der Waals surface area (Å²) in [5.74, 6) is 1.01. The fraction of sp³-hybridized carbons (Fsp3) is 0.125. The number of nitrogens with zero attached hydrogens (tertiary/aromatic N) is 1. The van der Waals surface area contributed by atoms with Crippen LogP contribution in [0.5, 0.6) is 0 Å². The number of carbonyl (C=O) groups excluding carboxylic acids is 1. The van der Waals surface area contributed by atoms with Crippen LogP contribution in [0.1, 0.15) is 21.6 Å². The van der Waals surface area contributed by atoms with Crippen molar-refractivity contribution in [3.8, 4) is 11.5 Å². The molecule has 0 saturated heterocycles. The summed E-state index contributed by atoms with van der Waals surface area (Å²) in [4.78, 5) is 12.0. The van der Waals surface area contributed by atoms with Gasteiger partial charge in [-0.2, -0.15) is 0 Å². The lowest BCUT2D eigenvalue weighted by Crippen LogP contribution is -2.22. The zero-order valence-electron chi connectivity index (χ0n) is 11.5. The Morgan fingerprint density at radius 2 is 2.00 bits per heavy atom. The number of aromatic nitrogens is 1. The molecule has 1 amide bonds. The van der Waals surface area contributed by atoms with E-state index in [1.54, 1.807) is 36.6 Å². The smallest absolute Gasteiger partial charge is 0.251 e. The Morgan fingerprint density at radius 1 is 1.19 bits per heavy atom. The Labute approximate surface area is 121 Å². The van der Waals surface area contributed by atoms with Gasteiger partial charge in [0.05, 0.1) is 12.8 Å². The topological polar surface area (TPSA) is 68.3 Å². The summed E-state index contributed by atoms with van der Waals surface area (Å²) < 4.78 is 10.4. The Hall–Kier alpha value is -2.82. The minimum absolute atomic E-state index is 0.141. The number of hydrogen-bond acceptors (Lipinski definition) is 4. The van der Waals surface area contributed by atoms with Crippen LogP contribution in [0.4, 0.5) is 0 Å². The maximum atomic E-state index is 12.0. The summed E-state index contributed by atoms with van der Waals surface area (Å²) in [6, 6.07) is 12.7. The molecule has 5 heteroatoms. The predicted molar refractivity (Wildman–Crippen MR) is 76.6 cm³/mol. The van der Waals surface area contributed by atoms with E-state index in [4.69, 9.17) is 8.94 Å². The van der Waals surface area contributed by atoms with Gasteiger partial charge >= 0.3 is 0 Å². The highest BCUT2D eigenvalue weighted by atomic mass is 16.5. The minimum Gasteiger partial charge on any atom is -0.461 e. The number of hydrogen-bond donors (Lipinski definition) is 1. The van der Waals surface area contributed by atoms with Crippen LogP contribution in [0.2, 0.25) is 0 Å². The second-order valence-electron chi connectivity index (χ2n) is 4.71. The van der Waals surface area contributed by atoms with Crippen molar-refractivity contribution in [3.63, 3.8) is 0 Å². The molecule has 0 saturated carbocycles. The number of benzene rings is 1. The maximum absolute atomic E-state index is 12.0. The van der Waals surface area contributed by atoms with E-state index in [1.165, 1.54) is 0 Å². The van der Waals surface area contributed by atoms with Gasteiger partial charge in [0, 0.05) is 11.6 Å². The van der Waals surface area contributed by atoms with Crippen LogP contribution >= 0.6 is 0 Å². The standard InChI is InChI=1S/C16H14N2O3/c1-11-4-6-12(7-5-11)16(19)17-10-13-9-15(21-18-13)14-3-2-8-20-14/h2-9H,10H2,1H3,(H,17,19). The summed E-state index contributed by atoms with van der Waals surface area (Å²) in [6.07, 6.45) is 1.57. The van der Waals surface area contributed by atoms with Gasteiger partial charge < -0.3 is 14.3 Å². The molecular weight excluding hydrogens is 268 g/mol. The molecule has 106 valence electrons. The van der Waals surface area contributed by atoms with Crippen molar-refractivity contribution < 1.29 is 13.7 Å². The van der Waals surface area contributed by atoms with Crippen LogP contribution < -0.4 is 5.32 Å². The molecule has 0 bridgehead atoms. The number of nitrogens with one attached hydrogen (secondary N) is 1. The molecule has 2 aromatic heterocycles. The average Bonchev–Trinajstić information content (AvgIpc) is 3.16. The summed E-state index contributed by atoms with van der Waals surface area (Å²) in [6.45, 7) is 2.28. The molecule has 3 rings (SSSR count). The van der Waals surface area contributed by atoms with Crippen molar-refractivity contribution in [1.29, 1.82) is 0 Å². The lowest BCUT2D eigenvalue weighted by Gasteiger charge is -2.03. The van der Waals surface area contributed by atoms with Gasteiger partial charge in [0.1, 0.15) is 5.69 Å². The van der Waals surface area contributed by atoms with Crippen molar-refractivity contribution in [3.05, 3.63) is 65.5 Å². The van der Waals surface area contributed by atoms with Gasteiger partial charge in [-0.3, -0.25) is 4.79 Å². The Morgan fingerprint density at radius 3 is 2.71 bits per heavy atom. The average molecular weight is 282 g/mol. The van der Waals surface area contributed by atoms with E-state index in [2.05, 4.69) is 10.5 Å². The first-order valence-corrected chi connectivity index (χ1v) is 6.57. The Bertz CT molecular complexity index is 727. The van der Waals surface area contributed by atoms with Gasteiger partial charge in [-0.1, -0.05) is 22.9 Å². The van der Waals surface area contributed by atoms with Crippen molar-refractivity contribution in [2.24, 2.45) is 0 Å². The van der Waals surface area contributed by atoms with Crippen LogP contribution in [0.15, 0.2) is 57.7 Å². The summed E-state index contributed by atoms with van der Waals surface area (Å²) in [5.41, 5.74) is 2.38. The maximum Gasteiger partial charge on any atom is 0.251 e. The first-order valence-electron chi connectivity index (χ1n) is 6.57. The SMILES string of the molecule is Cc1ccc(C(=O)NCc2cc(-c3ccco3)on2)cc1. The monoisotopic (exact) mass is 282 g/mol. The molecule has 21 heavy (non-hydrogen) atoms. The molecule has 0 spiro atoms. The van der Waals surface area contributed by atoms with Gasteiger partial charge in [0.2, 0.25) is 5.76 Å². The zero-order chi connectivity index (χ0) is 14.7. The Balaban J connectivity index is 1.62. The number of aryl methyl sites for hydroxylation is 1. The minimum atomic E-state index is -0.141. The molecule has 3 aromatic rings. The van der Waals surface area contributed by atoms with Crippen LogP contribution in [0.3, 0.4) is 0 Å². The van der Waals surface area contributed by atoms with Crippen LogP contribution in [0, 0.1) is 6.92 Å². The predicted octanol–water partition coefficient (Wildman–Crippen LogP) is 3.17. The molecule has 0 atom stereocenters. The molecule has 2 heterocycles. The largest absolute Gasteiger partial charge is 0.461 e. The molecule has 0 fully saturated rings. The first-order chi connectivity index (χ1) is 10.2. The van der Waals surface area contributed by atoms with Crippen LogP contribution in [-0.4, -0.2) is 11.1 Å². The summed E-state index contributed by atoms with van der Waals surface area (Å²) in [7, 11) is 0. The fourth-order valence-electron chi connectivity index (χ4n) is 1.91. The summed E-state index contributed by atoms with van der Waals surface area (Å²) in [5, 5.41) is 6.70. The third-order valence-corrected chi connectivity index (χ3v) is 3.07. The fourth-order valence-corrected chi connectivity index (χ4v) is 1.91. The van der Waals surface area contributed by atoms with Gasteiger partial charge in [0.15, 0.2) is 5.76 Å². The van der Waals surface area contributed by atoms with Gasteiger partial charge in [-0.25, -0.2) is 0 Å². The lowest BCUT2D eigenvalue weighted by atomic mass is 10.1. The van der Waals surface area contributed by atoms with Gasteiger partial charge in [0.25, 0.3) is 5.91 Å². The van der Waals surface area contributed by atoms with E-state index in [1.807, 2.05) is 19.1 Å². The van der Waals surface area contributed by atoms with Crippen molar-refractivity contribution in [2.75, 3.05) is 0 Å². The normalized spacial score (nSPS) is 10.5. The van der Waals surface area contributed by atoms with Crippen LogP contribution in [-0.2, 0) is 6.54 Å². The molecule has 0 radical (unpaired) electrons. The number of rotatable bonds is 4. The van der Waals surface area contributed by atoms with E-state index >= 15 is 0 Å². The third kappa shape index (κ3) is 3.02. The van der Waals surface area contributed by atoms with E-state index in [-0.39, 0.29) is 5.91 Å². The second-order valence-corrected chi connectivity index (χ2v) is 4.71. The molecule has 1 aromatic carbocycles. The van der Waals surface area contributed by atoms with E-state index < -0.39 is 0 Å². The summed E-state index contributed by atoms with van der Waals surface area (Å²) >= 11 is 0. The van der Waals surface area contributed by atoms with Crippen molar-refractivity contribution in [2.45, 2.75) is 13.5 Å². The first kappa shape index (κ1) is 13.2. The molecule has 5 nitrogen and oxygen atoms in total. The van der Waals surface area contributed by atoms with Crippen LogP contribution in [0.25, 0.3) is 11.5 Å². The highest BCUT2D eigenvalue weighted by molar-refractivity contribution is 5.94. The molecule has 0 aliphatic heterocycles. The quantitative estimate of drug-likeness (QED) is 0.798. The van der Waals surface area contributed by atoms with Crippen molar-refractivity contribution in [1.82, 2.24) is 10.5 Å². The zero-order valence-corrected chi connectivity index (χ0v) is 11.5. The lowest BCUT2D eigenvalue weighted by molar-refractivity contribution is 0.0950. The Kier molecular flexibility index (Phi) is 3.55. The van der Waals surface area contributed by atoms with E-state index in [0.717, 1.165) is 5.56 Å². The molecule has 0 unspecified atom stereocenters. The van der Waals surface area contributed by atoms with Gasteiger partial charge in [-0.15, -0.1) is 0 Å². The molecule has 0 aliphatic carbocycles. The number of carbonyl (C=O) groups is 1. The van der Waals surface area contributed by atoms with E-state index in [0.29, 0.717) is 29.3 Å². The number of amides is 1. The molecule has 0 aliphatic rings. The highest BCUT2D eigenvalue weighted by Gasteiger charge is 2.10. The second kappa shape index (κ2) is 5.66.